The van der Waals surface area contributed by atoms with Gasteiger partial charge in [0.15, 0.2) is 0 Å². The molecule has 2 radical (unpaired) electrons. The second-order valence-electron chi connectivity index (χ2n) is 13.6. The molecule has 0 fully saturated rings. The number of hydrogen-bond donors (Lipinski definition) is 0. The molecule has 0 bridgehead atoms. The third-order valence-electron chi connectivity index (χ3n) is 8.70. The van der Waals surface area contributed by atoms with Crippen molar-refractivity contribution < 1.29 is 23.3 Å². The van der Waals surface area contributed by atoms with Crippen molar-refractivity contribution in [2.24, 2.45) is 0 Å². The van der Waals surface area contributed by atoms with Gasteiger partial charge >= 0.3 is 30.2 Å². The Bertz CT molecular complexity index is 1860. The summed E-state index contributed by atoms with van der Waals surface area (Å²) in [6, 6.07) is 34.1. The van der Waals surface area contributed by atoms with E-state index in [9.17, 15) is 0 Å². The Kier molecular flexibility index (Phi) is 14.0. The van der Waals surface area contributed by atoms with Gasteiger partial charge in [-0.05, 0) is 59.9 Å². The quantitative estimate of drug-likeness (QED) is 0.127. The molecule has 0 aliphatic heterocycles. The molecule has 6 aromatic carbocycles. The molecule has 0 heterocycles. The van der Waals surface area contributed by atoms with Crippen molar-refractivity contribution in [1.82, 2.24) is 0 Å². The minimum atomic E-state index is 0. The maximum absolute atomic E-state index is 3.06. The van der Waals surface area contributed by atoms with Crippen molar-refractivity contribution in [2.75, 3.05) is 0 Å². The van der Waals surface area contributed by atoms with Crippen molar-refractivity contribution in [3.05, 3.63) is 145 Å². The fourth-order valence-corrected chi connectivity index (χ4v) is 6.41. The Morgan fingerprint density at radius 1 is 0.652 bits per heavy atom. The molecule has 0 amide bonds. The predicted octanol–water partition coefficient (Wildman–Crippen LogP) is 12.9. The van der Waals surface area contributed by atoms with E-state index < -0.39 is 0 Å². The molecule has 0 atom stereocenters. The van der Waals surface area contributed by atoms with Crippen molar-refractivity contribution in [1.29, 1.82) is 0 Å². The summed E-state index contributed by atoms with van der Waals surface area (Å²) < 4.78 is 0. The molecule has 0 saturated carbocycles. The van der Waals surface area contributed by atoms with Crippen LogP contribution in [0, 0.1) is 49.5 Å². The van der Waals surface area contributed by atoms with Gasteiger partial charge in [0.05, 0.1) is 0 Å². The van der Waals surface area contributed by atoms with Crippen LogP contribution in [-0.2, 0) is 28.8 Å². The van der Waals surface area contributed by atoms with Crippen LogP contribution in [0.2, 0.25) is 0 Å². The summed E-state index contributed by atoms with van der Waals surface area (Å²) in [6.07, 6.45) is 0. The molecule has 0 spiro atoms. The van der Waals surface area contributed by atoms with Crippen LogP contribution in [0.25, 0.3) is 43.8 Å². The van der Waals surface area contributed by atoms with Gasteiger partial charge in [-0.1, -0.05) is 114 Å². The van der Waals surface area contributed by atoms with Gasteiger partial charge < -0.3 is 14.9 Å². The summed E-state index contributed by atoms with van der Waals surface area (Å²) in [5, 5.41) is 5.49. The Morgan fingerprint density at radius 2 is 1.26 bits per heavy atom. The average Bonchev–Trinajstić information content (AvgIpc) is 3.59. The Morgan fingerprint density at radius 3 is 1.83 bits per heavy atom. The number of aryl methyl sites for hydroxylation is 5. The summed E-state index contributed by atoms with van der Waals surface area (Å²) >= 11 is 1.36. The number of benzene rings is 4. The second kappa shape index (κ2) is 16.3. The van der Waals surface area contributed by atoms with Gasteiger partial charge in [-0.25, -0.2) is 0 Å². The Hall–Kier alpha value is -2.80. The minimum absolute atomic E-state index is 0. The van der Waals surface area contributed by atoms with E-state index in [0.717, 1.165) is 0 Å². The van der Waals surface area contributed by atoms with Gasteiger partial charge in [-0.2, -0.15) is 12.1 Å². The van der Waals surface area contributed by atoms with Crippen molar-refractivity contribution in [3.63, 3.8) is 0 Å². The zero-order chi connectivity index (χ0) is 32.3. The number of rotatable bonds is 3. The molecule has 0 saturated heterocycles. The average molecular weight is 700 g/mol. The monoisotopic (exact) mass is 698 g/mol. The zero-order valence-electron chi connectivity index (χ0n) is 30.2. The van der Waals surface area contributed by atoms with Crippen molar-refractivity contribution in [2.45, 2.75) is 80.6 Å². The van der Waals surface area contributed by atoms with Crippen LogP contribution >= 0.6 is 0 Å². The first-order valence-electron chi connectivity index (χ1n) is 15.6. The molecule has 0 N–H and O–H groups in total. The first kappa shape index (κ1) is 39.4. The van der Waals surface area contributed by atoms with Gasteiger partial charge in [0.25, 0.3) is 0 Å². The molecule has 6 aromatic rings. The van der Waals surface area contributed by atoms with Crippen LogP contribution in [0.5, 0.6) is 0 Å². The summed E-state index contributed by atoms with van der Waals surface area (Å²) in [6.45, 7) is 25.3. The fraction of sp³-hybridized carbons (Fsp3) is 0.273. The molecule has 240 valence electrons. The second-order valence-corrected chi connectivity index (χ2v) is 13.6. The van der Waals surface area contributed by atoms with Crippen LogP contribution in [0.1, 0.15) is 79.5 Å². The van der Waals surface area contributed by atoms with E-state index in [1.165, 1.54) is 106 Å². The van der Waals surface area contributed by atoms with E-state index >= 15 is 0 Å². The van der Waals surface area contributed by atoms with E-state index in [-0.39, 0.29) is 20.3 Å². The fourth-order valence-electron chi connectivity index (χ4n) is 6.41. The SMILES string of the molecule is Cc1cc(C)c(-c2cccc3[cH-]c(C(C)C)cc23)c(C)c1.Cc1cc2c(-c3ccc(C(C)(C)C)cc3)ccc(C)c2[cH-]1.[CH3-].[CH3-].[Si]=[Zr]. The topological polar surface area (TPSA) is 0 Å². The van der Waals surface area contributed by atoms with E-state index in [4.69, 9.17) is 0 Å². The van der Waals surface area contributed by atoms with Gasteiger partial charge in [0, 0.05) is 0 Å². The summed E-state index contributed by atoms with van der Waals surface area (Å²) in [4.78, 5) is 0. The third kappa shape index (κ3) is 8.56. The van der Waals surface area contributed by atoms with Gasteiger partial charge in [-0.15, -0.1) is 68.6 Å². The molecule has 46 heavy (non-hydrogen) atoms. The normalized spacial score (nSPS) is 10.8. The van der Waals surface area contributed by atoms with Crippen molar-refractivity contribution in [3.8, 4) is 22.3 Å². The van der Waals surface area contributed by atoms with Gasteiger partial charge in [-0.3, -0.25) is 0 Å². The molecule has 6 rings (SSSR count). The molecule has 0 nitrogen and oxygen atoms in total. The first-order valence-corrected chi connectivity index (χ1v) is 19.8. The summed E-state index contributed by atoms with van der Waals surface area (Å²) in [5.74, 6) is 0.575. The van der Waals surface area contributed by atoms with E-state index in [0.29, 0.717) is 5.92 Å². The molecular formula is C44H52SiZr-4. The predicted molar refractivity (Wildman–Crippen MR) is 205 cm³/mol. The first-order chi connectivity index (χ1) is 20.8. The van der Waals surface area contributed by atoms with Crippen LogP contribution in [-0.4, -0.2) is 6.88 Å². The third-order valence-corrected chi connectivity index (χ3v) is 8.70. The maximum atomic E-state index is 3.06. The molecule has 0 aromatic heterocycles. The van der Waals surface area contributed by atoms with Crippen LogP contribution in [0.3, 0.4) is 0 Å². The van der Waals surface area contributed by atoms with Crippen LogP contribution in [0.4, 0.5) is 0 Å². The molecule has 0 aliphatic carbocycles. The summed E-state index contributed by atoms with van der Waals surface area (Å²) in [5.41, 5.74) is 15.2. The van der Waals surface area contributed by atoms with Crippen LogP contribution in [0.15, 0.2) is 91.0 Å². The Balaban J connectivity index is 0.000000292. The van der Waals surface area contributed by atoms with Gasteiger partial charge in [0.2, 0.25) is 0 Å². The number of hydrogen-bond acceptors (Lipinski definition) is 0. The standard InChI is InChI=1S/2C21H23.2CH3.Si.Zr/c1-14-12-19-15(2)6-11-18(20(19)13-14)16-7-9-17(10-8-16)21(3,4)5;1-13(2)18-11-17-7-6-8-19(20(17)12-18)21-15(4)9-14(3)10-16(21)5;;;;/h2*6-13H,1-5H3;2*1H3;;/q4*-1;;. The van der Waals surface area contributed by atoms with E-state index in [2.05, 4.69) is 167 Å². The molecule has 2 heteroatoms. The number of fused-ring (bicyclic) bond motifs is 2. The summed E-state index contributed by atoms with van der Waals surface area (Å²) in [7, 11) is 0. The molecule has 0 aliphatic rings. The van der Waals surface area contributed by atoms with E-state index in [1.54, 1.807) is 0 Å². The molecular weight excluding hydrogens is 648 g/mol. The van der Waals surface area contributed by atoms with Gasteiger partial charge in [0.1, 0.15) is 0 Å². The van der Waals surface area contributed by atoms with Crippen LogP contribution < -0.4 is 0 Å². The zero-order valence-corrected chi connectivity index (χ0v) is 33.7. The van der Waals surface area contributed by atoms with E-state index in [1.807, 2.05) is 0 Å². The Labute approximate surface area is 297 Å². The van der Waals surface area contributed by atoms with Crippen molar-refractivity contribution >= 4 is 28.4 Å². The molecule has 0 unspecified atom stereocenters.